The van der Waals surface area contributed by atoms with Gasteiger partial charge in [-0.2, -0.15) is 0 Å². The van der Waals surface area contributed by atoms with E-state index in [2.05, 4.69) is 67.8 Å². The predicted octanol–water partition coefficient (Wildman–Crippen LogP) is 5.47. The summed E-state index contributed by atoms with van der Waals surface area (Å²) in [5.41, 5.74) is 0.133. The molecule has 0 bridgehead atoms. The molecule has 3 aliphatic rings. The first-order valence-electron chi connectivity index (χ1n) is 10.6. The number of benzene rings is 2. The Morgan fingerprint density at radius 2 is 1.58 bits per heavy atom. The summed E-state index contributed by atoms with van der Waals surface area (Å²) in [6.45, 7) is 0.840. The summed E-state index contributed by atoms with van der Waals surface area (Å²) in [6.07, 6.45) is 1.65. The number of amides is 2. The van der Waals surface area contributed by atoms with Gasteiger partial charge in [0.25, 0.3) is 11.8 Å². The number of ether oxygens (including phenoxy) is 1. The van der Waals surface area contributed by atoms with E-state index in [4.69, 9.17) is 4.74 Å². The molecule has 33 heavy (non-hydrogen) atoms. The minimum Gasteiger partial charge on any atom is -0.342 e. The van der Waals surface area contributed by atoms with Crippen LogP contribution < -0.4 is 0 Å². The van der Waals surface area contributed by atoms with Gasteiger partial charge >= 0.3 is 0 Å². The van der Waals surface area contributed by atoms with Crippen molar-refractivity contribution < 1.29 is 23.1 Å². The van der Waals surface area contributed by atoms with Gasteiger partial charge in [-0.15, -0.1) is 0 Å². The zero-order valence-corrected chi connectivity index (χ0v) is 23.8. The molecular formula is C23H19F2I3N2O3. The molecule has 2 atom stereocenters. The van der Waals surface area contributed by atoms with Crippen molar-refractivity contribution in [2.45, 2.75) is 43.6 Å². The second kappa shape index (κ2) is 9.12. The fourth-order valence-corrected chi connectivity index (χ4v) is 7.15. The highest BCUT2D eigenvalue weighted by Gasteiger charge is 2.58. The van der Waals surface area contributed by atoms with Gasteiger partial charge in [-0.25, -0.2) is 8.78 Å². The lowest BCUT2D eigenvalue weighted by Crippen LogP contribution is -2.51. The molecule has 2 amide bonds. The molecule has 5 nitrogen and oxygen atoms in total. The zero-order chi connectivity index (χ0) is 23.5. The predicted molar refractivity (Wildman–Crippen MR) is 143 cm³/mol. The first-order valence-corrected chi connectivity index (χ1v) is 13.8. The van der Waals surface area contributed by atoms with E-state index in [1.54, 1.807) is 9.80 Å². The molecule has 3 aliphatic heterocycles. The summed E-state index contributed by atoms with van der Waals surface area (Å²) in [5, 5.41) is 0. The zero-order valence-electron chi connectivity index (χ0n) is 17.3. The monoisotopic (exact) mass is 790 g/mol. The van der Waals surface area contributed by atoms with Gasteiger partial charge in [0.05, 0.1) is 6.04 Å². The average Bonchev–Trinajstić information content (AvgIpc) is 3.29. The highest BCUT2D eigenvalue weighted by Crippen LogP contribution is 2.47. The number of carbonyl (C=O) groups excluding carboxylic acids is 2. The highest BCUT2D eigenvalue weighted by atomic mass is 127. The minimum atomic E-state index is -0.971. The Bertz CT molecular complexity index is 1110. The standard InChI is InChI=1S/C23H19F2I3N2O3/c24-14-7-12(8-15(25)11-14)18-1-2-19-30(18)22(32)23(33-19)3-5-29(6-4-23)21(31)13-9-16(26)20(28)17(27)10-13/h7-11,18-19H,1-6H2. The molecule has 5 rings (SSSR count). The van der Waals surface area contributed by atoms with Crippen LogP contribution >= 0.6 is 67.8 Å². The van der Waals surface area contributed by atoms with Crippen molar-refractivity contribution in [2.75, 3.05) is 13.1 Å². The van der Waals surface area contributed by atoms with E-state index >= 15 is 0 Å². The summed E-state index contributed by atoms with van der Waals surface area (Å²) in [5.74, 6) is -1.48. The molecule has 10 heteroatoms. The molecule has 0 N–H and O–H groups in total. The van der Waals surface area contributed by atoms with Crippen LogP contribution in [0.5, 0.6) is 0 Å². The maximum absolute atomic E-state index is 13.8. The third-order valence-corrected chi connectivity index (χ3v) is 11.6. The van der Waals surface area contributed by atoms with Crippen LogP contribution in [0.3, 0.4) is 0 Å². The molecule has 3 fully saturated rings. The van der Waals surface area contributed by atoms with E-state index in [0.717, 1.165) is 16.8 Å². The van der Waals surface area contributed by atoms with Crippen molar-refractivity contribution in [3.05, 3.63) is 63.8 Å². The summed E-state index contributed by atoms with van der Waals surface area (Å²) in [7, 11) is 0. The summed E-state index contributed by atoms with van der Waals surface area (Å²) in [6, 6.07) is 6.81. The van der Waals surface area contributed by atoms with Gasteiger partial charge < -0.3 is 14.5 Å². The van der Waals surface area contributed by atoms with E-state index in [-0.39, 0.29) is 11.8 Å². The van der Waals surface area contributed by atoms with Crippen LogP contribution in [-0.2, 0) is 9.53 Å². The van der Waals surface area contributed by atoms with E-state index < -0.39 is 29.5 Å². The normalized spacial score (nSPS) is 24.0. The van der Waals surface area contributed by atoms with Crippen molar-refractivity contribution in [3.63, 3.8) is 0 Å². The van der Waals surface area contributed by atoms with E-state index in [1.165, 1.54) is 12.1 Å². The van der Waals surface area contributed by atoms with Crippen LogP contribution in [0.15, 0.2) is 30.3 Å². The number of piperidine rings is 1. The van der Waals surface area contributed by atoms with Crippen LogP contribution in [0.1, 0.15) is 47.6 Å². The number of likely N-dealkylation sites (tertiary alicyclic amines) is 1. The summed E-state index contributed by atoms with van der Waals surface area (Å²) >= 11 is 6.74. The first kappa shape index (κ1) is 24.1. The lowest BCUT2D eigenvalue weighted by atomic mass is 9.89. The Labute approximate surface area is 231 Å². The number of hydrogen-bond acceptors (Lipinski definition) is 3. The quantitative estimate of drug-likeness (QED) is 0.300. The summed E-state index contributed by atoms with van der Waals surface area (Å²) in [4.78, 5) is 30.0. The molecule has 3 heterocycles. The third kappa shape index (κ3) is 4.30. The third-order valence-electron chi connectivity index (χ3n) is 6.68. The van der Waals surface area contributed by atoms with Gasteiger partial charge in [-0.3, -0.25) is 9.59 Å². The highest BCUT2D eigenvalue weighted by molar-refractivity contribution is 14.1. The maximum atomic E-state index is 13.8. The molecule has 2 aromatic carbocycles. The van der Waals surface area contributed by atoms with Crippen LogP contribution in [0.25, 0.3) is 0 Å². The van der Waals surface area contributed by atoms with E-state index in [9.17, 15) is 18.4 Å². The number of fused-ring (bicyclic) bond motifs is 1. The molecule has 2 aromatic rings. The Morgan fingerprint density at radius 1 is 0.970 bits per heavy atom. The second-order valence-corrected chi connectivity index (χ2v) is 12.0. The Hall–Kier alpha value is -0.610. The topological polar surface area (TPSA) is 49.9 Å². The van der Waals surface area contributed by atoms with Gasteiger partial charge in [0.1, 0.15) is 17.9 Å². The van der Waals surface area contributed by atoms with Crippen molar-refractivity contribution in [1.82, 2.24) is 9.80 Å². The molecule has 1 spiro atoms. The number of halogens is 5. The second-order valence-electron chi connectivity index (χ2n) is 8.62. The number of hydrogen-bond donors (Lipinski definition) is 0. The minimum absolute atomic E-state index is 0.0452. The Morgan fingerprint density at radius 3 is 2.18 bits per heavy atom. The van der Waals surface area contributed by atoms with E-state index in [0.29, 0.717) is 49.9 Å². The Kier molecular flexibility index (Phi) is 6.66. The molecule has 3 saturated heterocycles. The lowest BCUT2D eigenvalue weighted by molar-refractivity contribution is -0.142. The van der Waals surface area contributed by atoms with Gasteiger partial charge in [-0.1, -0.05) is 0 Å². The first-order chi connectivity index (χ1) is 15.7. The van der Waals surface area contributed by atoms with Crippen LogP contribution in [0.4, 0.5) is 8.78 Å². The number of carbonyl (C=O) groups is 2. The van der Waals surface area contributed by atoms with Crippen molar-refractivity contribution >= 4 is 79.6 Å². The molecule has 2 unspecified atom stereocenters. The molecule has 0 aliphatic carbocycles. The molecule has 0 radical (unpaired) electrons. The fraction of sp³-hybridized carbons (Fsp3) is 0.391. The van der Waals surface area contributed by atoms with Crippen LogP contribution in [-0.4, -0.2) is 46.5 Å². The summed E-state index contributed by atoms with van der Waals surface area (Å²) < 4.78 is 37.0. The van der Waals surface area contributed by atoms with Crippen molar-refractivity contribution in [1.29, 1.82) is 0 Å². The van der Waals surface area contributed by atoms with Gasteiger partial charge in [-0.05, 0) is 110 Å². The van der Waals surface area contributed by atoms with Gasteiger partial charge in [0, 0.05) is 48.3 Å². The molecule has 174 valence electrons. The molecule has 0 aromatic heterocycles. The SMILES string of the molecule is O=C(c1cc(I)c(I)c(I)c1)N1CCC2(CC1)OC1CCC(c3cc(F)cc(F)c3)N1C2=O. The maximum Gasteiger partial charge on any atom is 0.257 e. The number of rotatable bonds is 2. The Balaban J connectivity index is 1.31. The molecule has 0 saturated carbocycles. The number of nitrogens with zero attached hydrogens (tertiary/aromatic N) is 2. The van der Waals surface area contributed by atoms with E-state index in [1.807, 2.05) is 12.1 Å². The van der Waals surface area contributed by atoms with Crippen molar-refractivity contribution in [3.8, 4) is 0 Å². The molecular weight excluding hydrogens is 771 g/mol. The van der Waals surface area contributed by atoms with Gasteiger partial charge in [0.15, 0.2) is 5.60 Å². The largest absolute Gasteiger partial charge is 0.342 e. The average molecular weight is 790 g/mol. The van der Waals surface area contributed by atoms with Gasteiger partial charge in [0.2, 0.25) is 0 Å². The fourth-order valence-electron chi connectivity index (χ4n) is 5.07. The van der Waals surface area contributed by atoms with Crippen LogP contribution in [0.2, 0.25) is 0 Å². The lowest BCUT2D eigenvalue weighted by Gasteiger charge is -2.37. The smallest absolute Gasteiger partial charge is 0.257 e. The van der Waals surface area contributed by atoms with Crippen molar-refractivity contribution in [2.24, 2.45) is 0 Å². The van der Waals surface area contributed by atoms with Crippen LogP contribution in [0, 0.1) is 22.3 Å².